The largest absolute Gasteiger partial charge is 0.484 e. The molecule has 25 heavy (non-hydrogen) atoms. The number of benzene rings is 2. The Hall–Kier alpha value is -3.68. The van der Waals surface area contributed by atoms with Gasteiger partial charge in [-0.1, -0.05) is 18.2 Å². The molecule has 8 heteroatoms. The van der Waals surface area contributed by atoms with E-state index in [-0.39, 0.29) is 24.0 Å². The van der Waals surface area contributed by atoms with Gasteiger partial charge in [0.05, 0.1) is 17.2 Å². The van der Waals surface area contributed by atoms with Gasteiger partial charge < -0.3 is 14.5 Å². The van der Waals surface area contributed by atoms with Crippen molar-refractivity contribution in [3.63, 3.8) is 0 Å². The van der Waals surface area contributed by atoms with Crippen LogP contribution in [0.25, 0.3) is 11.3 Å². The zero-order chi connectivity index (χ0) is 17.6. The molecule has 2 aromatic carbocycles. The highest BCUT2D eigenvalue weighted by atomic mass is 16.6. The maximum absolute atomic E-state index is 12.0. The summed E-state index contributed by atoms with van der Waals surface area (Å²) in [5.41, 5.74) is 1.24. The van der Waals surface area contributed by atoms with Crippen LogP contribution in [0.1, 0.15) is 0 Å². The van der Waals surface area contributed by atoms with Crippen molar-refractivity contribution in [2.45, 2.75) is 0 Å². The summed E-state index contributed by atoms with van der Waals surface area (Å²) in [7, 11) is 0. The van der Waals surface area contributed by atoms with Crippen molar-refractivity contribution in [3.05, 3.63) is 71.2 Å². The van der Waals surface area contributed by atoms with Crippen molar-refractivity contribution < 1.29 is 18.9 Å². The summed E-state index contributed by atoms with van der Waals surface area (Å²) in [6.45, 7) is -0.270. The lowest BCUT2D eigenvalue weighted by Crippen LogP contribution is -2.20. The number of ether oxygens (including phenoxy) is 1. The fourth-order valence-electron chi connectivity index (χ4n) is 2.14. The van der Waals surface area contributed by atoms with Crippen molar-refractivity contribution in [2.75, 3.05) is 11.9 Å². The van der Waals surface area contributed by atoms with Gasteiger partial charge in [0.1, 0.15) is 5.75 Å². The van der Waals surface area contributed by atoms with Gasteiger partial charge in [-0.15, -0.1) is 0 Å². The standard InChI is InChI=1S/C17H13N3O5/c21-17(10-24-15-6-2-5-14(8-15)20(22)23)19-13-4-1-3-12(7-13)16-9-18-11-25-16/h1-9,11H,10H2,(H,19,21). The fraction of sp³-hybridized carbons (Fsp3) is 0.0588. The molecule has 0 saturated heterocycles. The van der Waals surface area contributed by atoms with E-state index in [4.69, 9.17) is 9.15 Å². The van der Waals surface area contributed by atoms with E-state index in [9.17, 15) is 14.9 Å². The normalized spacial score (nSPS) is 10.2. The van der Waals surface area contributed by atoms with Gasteiger partial charge in [0.15, 0.2) is 18.8 Å². The van der Waals surface area contributed by atoms with Gasteiger partial charge in [0, 0.05) is 17.3 Å². The van der Waals surface area contributed by atoms with Crippen molar-refractivity contribution in [1.82, 2.24) is 4.98 Å². The zero-order valence-electron chi connectivity index (χ0n) is 12.9. The average molecular weight is 339 g/mol. The van der Waals surface area contributed by atoms with Crippen LogP contribution in [0.4, 0.5) is 11.4 Å². The summed E-state index contributed by atoms with van der Waals surface area (Å²) in [6, 6.07) is 12.7. The molecule has 1 aromatic heterocycles. The summed E-state index contributed by atoms with van der Waals surface area (Å²) >= 11 is 0. The number of carbonyl (C=O) groups is 1. The number of carbonyl (C=O) groups excluding carboxylic acids is 1. The fourth-order valence-corrected chi connectivity index (χ4v) is 2.14. The third-order valence-corrected chi connectivity index (χ3v) is 3.26. The average Bonchev–Trinajstić information content (AvgIpc) is 3.15. The molecular weight excluding hydrogens is 326 g/mol. The molecule has 3 aromatic rings. The molecule has 0 spiro atoms. The van der Waals surface area contributed by atoms with E-state index >= 15 is 0 Å². The van der Waals surface area contributed by atoms with Crippen LogP contribution in [0.5, 0.6) is 5.75 Å². The smallest absolute Gasteiger partial charge is 0.273 e. The van der Waals surface area contributed by atoms with Crippen molar-refractivity contribution >= 4 is 17.3 Å². The number of nitro benzene ring substituents is 1. The van der Waals surface area contributed by atoms with E-state index in [1.165, 1.54) is 24.6 Å². The third-order valence-electron chi connectivity index (χ3n) is 3.26. The predicted octanol–water partition coefficient (Wildman–Crippen LogP) is 3.27. The highest BCUT2D eigenvalue weighted by molar-refractivity contribution is 5.92. The van der Waals surface area contributed by atoms with Crippen molar-refractivity contribution in [1.29, 1.82) is 0 Å². The van der Waals surface area contributed by atoms with Crippen molar-refractivity contribution in [2.24, 2.45) is 0 Å². The van der Waals surface area contributed by atoms with Crippen LogP contribution in [-0.2, 0) is 4.79 Å². The topological polar surface area (TPSA) is 108 Å². The molecule has 0 unspecified atom stereocenters. The molecule has 126 valence electrons. The number of hydrogen-bond acceptors (Lipinski definition) is 6. The Kier molecular flexibility index (Phi) is 4.70. The number of nitrogens with one attached hydrogen (secondary N) is 1. The monoisotopic (exact) mass is 339 g/mol. The lowest BCUT2D eigenvalue weighted by atomic mass is 10.1. The number of oxazole rings is 1. The number of aromatic nitrogens is 1. The molecule has 1 N–H and O–H groups in total. The number of nitro groups is 1. The number of rotatable bonds is 6. The summed E-state index contributed by atoms with van der Waals surface area (Å²) in [5, 5.41) is 13.4. The van der Waals surface area contributed by atoms with E-state index in [0.29, 0.717) is 11.4 Å². The van der Waals surface area contributed by atoms with E-state index < -0.39 is 4.92 Å². The first-order valence-corrected chi connectivity index (χ1v) is 7.28. The molecule has 0 bridgehead atoms. The Morgan fingerprint density at radius 2 is 2.08 bits per heavy atom. The minimum atomic E-state index is -0.526. The number of non-ortho nitro benzene ring substituents is 1. The van der Waals surface area contributed by atoms with Crippen molar-refractivity contribution in [3.8, 4) is 17.1 Å². The molecular formula is C17H13N3O5. The maximum atomic E-state index is 12.0. The lowest BCUT2D eigenvalue weighted by Gasteiger charge is -2.08. The second kappa shape index (κ2) is 7.26. The summed E-state index contributed by atoms with van der Waals surface area (Å²) in [4.78, 5) is 26.0. The van der Waals surface area contributed by atoms with E-state index in [1.54, 1.807) is 30.5 Å². The second-order valence-electron chi connectivity index (χ2n) is 5.04. The Morgan fingerprint density at radius 3 is 2.84 bits per heavy atom. The molecule has 0 aliphatic rings. The molecule has 0 saturated carbocycles. The number of anilines is 1. The molecule has 0 aliphatic heterocycles. The first kappa shape index (κ1) is 16.2. The lowest BCUT2D eigenvalue weighted by molar-refractivity contribution is -0.384. The quantitative estimate of drug-likeness (QED) is 0.545. The molecule has 0 atom stereocenters. The summed E-state index contributed by atoms with van der Waals surface area (Å²) < 4.78 is 10.5. The Morgan fingerprint density at radius 1 is 1.24 bits per heavy atom. The molecule has 0 aliphatic carbocycles. The van der Waals surface area contributed by atoms with Gasteiger partial charge in [-0.05, 0) is 18.2 Å². The Labute approximate surface area is 142 Å². The SMILES string of the molecule is O=C(COc1cccc([N+](=O)[O-])c1)Nc1cccc(-c2cnco2)c1. The van der Waals surface area contributed by atoms with E-state index in [1.807, 2.05) is 6.07 Å². The van der Waals surface area contributed by atoms with Crippen LogP contribution in [-0.4, -0.2) is 22.4 Å². The van der Waals surface area contributed by atoms with E-state index in [2.05, 4.69) is 10.3 Å². The summed E-state index contributed by atoms with van der Waals surface area (Å²) in [5.74, 6) is 0.449. The number of hydrogen-bond donors (Lipinski definition) is 1. The zero-order valence-corrected chi connectivity index (χ0v) is 12.9. The molecule has 8 nitrogen and oxygen atoms in total. The van der Waals surface area contributed by atoms with Crippen LogP contribution in [0.2, 0.25) is 0 Å². The van der Waals surface area contributed by atoms with Crippen LogP contribution < -0.4 is 10.1 Å². The second-order valence-corrected chi connectivity index (χ2v) is 5.04. The highest BCUT2D eigenvalue weighted by Gasteiger charge is 2.09. The van der Waals surface area contributed by atoms with Crippen LogP contribution in [0, 0.1) is 10.1 Å². The minimum absolute atomic E-state index is 0.0994. The first-order chi connectivity index (χ1) is 12.1. The molecule has 3 rings (SSSR count). The predicted molar refractivity (Wildman–Crippen MR) is 89.2 cm³/mol. The molecule has 1 amide bonds. The number of amides is 1. The molecule has 1 heterocycles. The van der Waals surface area contributed by atoms with Crippen LogP contribution in [0.15, 0.2) is 65.5 Å². The Bertz CT molecular complexity index is 893. The van der Waals surface area contributed by atoms with Gasteiger partial charge in [0.2, 0.25) is 0 Å². The van der Waals surface area contributed by atoms with E-state index in [0.717, 1.165) is 5.56 Å². The number of nitrogens with zero attached hydrogens (tertiary/aromatic N) is 2. The van der Waals surface area contributed by atoms with Gasteiger partial charge in [-0.3, -0.25) is 14.9 Å². The maximum Gasteiger partial charge on any atom is 0.273 e. The Balaban J connectivity index is 1.60. The summed E-state index contributed by atoms with van der Waals surface area (Å²) in [6.07, 6.45) is 2.90. The van der Waals surface area contributed by atoms with Crippen LogP contribution in [0.3, 0.4) is 0 Å². The first-order valence-electron chi connectivity index (χ1n) is 7.28. The third kappa shape index (κ3) is 4.20. The molecule has 0 fully saturated rings. The minimum Gasteiger partial charge on any atom is -0.484 e. The van der Waals surface area contributed by atoms with Gasteiger partial charge in [-0.2, -0.15) is 0 Å². The van der Waals surface area contributed by atoms with Gasteiger partial charge in [0.25, 0.3) is 11.6 Å². The van der Waals surface area contributed by atoms with Crippen LogP contribution >= 0.6 is 0 Å². The highest BCUT2D eigenvalue weighted by Crippen LogP contribution is 2.22. The van der Waals surface area contributed by atoms with Gasteiger partial charge >= 0.3 is 0 Å². The molecule has 0 radical (unpaired) electrons. The van der Waals surface area contributed by atoms with Gasteiger partial charge in [-0.25, -0.2) is 4.98 Å².